The van der Waals surface area contributed by atoms with E-state index in [1.165, 1.54) is 16.5 Å². The van der Waals surface area contributed by atoms with Crippen LogP contribution in [-0.2, 0) is 0 Å². The van der Waals surface area contributed by atoms with Gasteiger partial charge < -0.3 is 10.4 Å². The molecule has 0 aromatic heterocycles. The third-order valence-corrected chi connectivity index (χ3v) is 6.30. The van der Waals surface area contributed by atoms with Crippen LogP contribution in [0.4, 0.5) is 0 Å². The molecule has 2 N–H and O–H groups in total. The number of hydrogen-bond donors (Lipinski definition) is 2. The minimum atomic E-state index is -0.207. The summed E-state index contributed by atoms with van der Waals surface area (Å²) in [7, 11) is 0. The molecule has 0 aromatic rings. The lowest BCUT2D eigenvalue weighted by Gasteiger charge is -2.52. The first-order valence-corrected chi connectivity index (χ1v) is 9.96. The van der Waals surface area contributed by atoms with Crippen LogP contribution in [0.2, 0.25) is 0 Å². The zero-order chi connectivity index (χ0) is 20.4. The second kappa shape index (κ2) is 8.14. The summed E-state index contributed by atoms with van der Waals surface area (Å²) in [6, 6.07) is 0. The molecular weight excluding hydrogens is 324 g/mol. The zero-order valence-electron chi connectivity index (χ0n) is 18.3. The Hall–Kier alpha value is -0.680. The molecule has 4 nitrogen and oxygen atoms in total. The van der Waals surface area contributed by atoms with Crippen LogP contribution in [0.25, 0.3) is 0 Å². The van der Waals surface area contributed by atoms with Crippen LogP contribution >= 0.6 is 0 Å². The van der Waals surface area contributed by atoms with E-state index in [2.05, 4.69) is 68.0 Å². The number of hydrogen-bond acceptors (Lipinski definition) is 4. The summed E-state index contributed by atoms with van der Waals surface area (Å²) in [5, 5.41) is 23.0. The molecule has 0 bridgehead atoms. The third kappa shape index (κ3) is 5.19. The largest absolute Gasteiger partial charge is 0.313 e. The lowest BCUT2D eigenvalue weighted by atomic mass is 9.74. The minimum absolute atomic E-state index is 0.0399. The Morgan fingerprint density at radius 1 is 0.808 bits per heavy atom. The summed E-state index contributed by atoms with van der Waals surface area (Å²) in [6.07, 6.45) is 11.4. The molecule has 152 valence electrons. The van der Waals surface area contributed by atoms with Crippen molar-refractivity contribution in [1.82, 2.24) is 10.1 Å². The van der Waals surface area contributed by atoms with Crippen molar-refractivity contribution < 1.29 is 10.4 Å². The Morgan fingerprint density at radius 3 is 1.69 bits per heavy atom. The van der Waals surface area contributed by atoms with E-state index in [0.717, 1.165) is 25.7 Å². The summed E-state index contributed by atoms with van der Waals surface area (Å²) >= 11 is 0. The molecule has 2 rings (SSSR count). The molecule has 1 unspecified atom stereocenters. The van der Waals surface area contributed by atoms with Crippen LogP contribution in [0.1, 0.15) is 87.5 Å². The first-order chi connectivity index (χ1) is 11.7. The van der Waals surface area contributed by atoms with E-state index < -0.39 is 0 Å². The standard InChI is InChI=1S/C13H23NO.C9H19NO/c1-6-7-8-11-9-10-12(2,3)14(15)13(11,4)5;1-8(2)6-5-7-9(3,4)10(8)11/h6-8,11,15H,1,9-10H2,2-5H3;11H,5-7H2,1-4H3. The van der Waals surface area contributed by atoms with Crippen molar-refractivity contribution >= 4 is 0 Å². The average Bonchev–Trinajstić information content (AvgIpc) is 2.51. The predicted molar refractivity (Wildman–Crippen MR) is 109 cm³/mol. The van der Waals surface area contributed by atoms with Gasteiger partial charge in [-0.25, -0.2) is 0 Å². The van der Waals surface area contributed by atoms with E-state index >= 15 is 0 Å². The lowest BCUT2D eigenvalue weighted by molar-refractivity contribution is -0.253. The van der Waals surface area contributed by atoms with Gasteiger partial charge in [-0.15, -0.1) is 0 Å². The maximum absolute atomic E-state index is 10.2. The van der Waals surface area contributed by atoms with Crippen LogP contribution in [0.5, 0.6) is 0 Å². The molecule has 2 aliphatic rings. The third-order valence-electron chi connectivity index (χ3n) is 6.30. The van der Waals surface area contributed by atoms with Crippen molar-refractivity contribution in [2.75, 3.05) is 0 Å². The highest BCUT2D eigenvalue weighted by Crippen LogP contribution is 2.41. The predicted octanol–water partition coefficient (Wildman–Crippen LogP) is 5.81. The molecule has 26 heavy (non-hydrogen) atoms. The molecule has 0 radical (unpaired) electrons. The van der Waals surface area contributed by atoms with Crippen LogP contribution < -0.4 is 0 Å². The molecule has 2 saturated heterocycles. The molecule has 2 heterocycles. The molecule has 4 heteroatoms. The highest BCUT2D eigenvalue weighted by Gasteiger charge is 2.45. The molecule has 0 aliphatic carbocycles. The first-order valence-electron chi connectivity index (χ1n) is 9.96. The number of hydroxylamine groups is 4. The zero-order valence-corrected chi connectivity index (χ0v) is 18.3. The van der Waals surface area contributed by atoms with Crippen molar-refractivity contribution in [3.05, 3.63) is 24.8 Å². The fourth-order valence-corrected chi connectivity index (χ4v) is 4.43. The Morgan fingerprint density at radius 2 is 1.27 bits per heavy atom. The fraction of sp³-hybridized carbons (Fsp3) is 0.818. The minimum Gasteiger partial charge on any atom is -0.313 e. The van der Waals surface area contributed by atoms with Gasteiger partial charge in [-0.05, 0) is 93.4 Å². The number of nitrogens with zero attached hydrogens (tertiary/aromatic N) is 2. The van der Waals surface area contributed by atoms with Crippen molar-refractivity contribution in [1.29, 1.82) is 0 Å². The quantitative estimate of drug-likeness (QED) is 0.606. The van der Waals surface area contributed by atoms with Gasteiger partial charge in [0.05, 0.1) is 0 Å². The van der Waals surface area contributed by atoms with Crippen molar-refractivity contribution in [2.45, 2.75) is 110 Å². The second-order valence-corrected chi connectivity index (χ2v) is 10.3. The fourth-order valence-electron chi connectivity index (χ4n) is 4.43. The van der Waals surface area contributed by atoms with E-state index in [1.54, 1.807) is 6.08 Å². The van der Waals surface area contributed by atoms with Gasteiger partial charge in [-0.2, -0.15) is 10.1 Å². The Kier molecular flexibility index (Phi) is 7.31. The van der Waals surface area contributed by atoms with E-state index in [4.69, 9.17) is 0 Å². The average molecular weight is 367 g/mol. The van der Waals surface area contributed by atoms with Crippen molar-refractivity contribution in [3.8, 4) is 0 Å². The lowest BCUT2D eigenvalue weighted by Crippen LogP contribution is -2.60. The Labute approximate surface area is 161 Å². The van der Waals surface area contributed by atoms with Gasteiger partial charge in [-0.1, -0.05) is 24.8 Å². The molecule has 0 aromatic carbocycles. The summed E-state index contributed by atoms with van der Waals surface area (Å²) in [4.78, 5) is 0. The first kappa shape index (κ1) is 23.4. The summed E-state index contributed by atoms with van der Waals surface area (Å²) in [5.74, 6) is 0.383. The highest BCUT2D eigenvalue weighted by atomic mass is 16.5. The molecule has 2 aliphatic heterocycles. The number of piperidine rings is 2. The topological polar surface area (TPSA) is 46.9 Å². The number of allylic oxidation sites excluding steroid dienone is 2. The summed E-state index contributed by atoms with van der Waals surface area (Å²) in [6.45, 7) is 20.4. The Balaban J connectivity index is 0.000000273. The van der Waals surface area contributed by atoms with Crippen LogP contribution in [0.3, 0.4) is 0 Å². The molecule has 2 fully saturated rings. The van der Waals surface area contributed by atoms with E-state index in [1.807, 2.05) is 6.08 Å². The van der Waals surface area contributed by atoms with E-state index in [-0.39, 0.29) is 22.2 Å². The SMILES string of the molecule is C=CC=CC1CCC(C)(C)N(O)C1(C)C.CC1(C)CCCC(C)(C)N1O. The van der Waals surface area contributed by atoms with Crippen LogP contribution in [0, 0.1) is 5.92 Å². The highest BCUT2D eigenvalue weighted by molar-refractivity contribution is 5.09. The van der Waals surface area contributed by atoms with Gasteiger partial charge in [0, 0.05) is 22.2 Å². The van der Waals surface area contributed by atoms with Crippen molar-refractivity contribution in [2.24, 2.45) is 5.92 Å². The smallest absolute Gasteiger partial charge is 0.0472 e. The van der Waals surface area contributed by atoms with Gasteiger partial charge in [0.1, 0.15) is 0 Å². The van der Waals surface area contributed by atoms with Crippen LogP contribution in [-0.4, -0.2) is 42.7 Å². The van der Waals surface area contributed by atoms with Gasteiger partial charge in [0.25, 0.3) is 0 Å². The number of rotatable bonds is 2. The van der Waals surface area contributed by atoms with E-state index in [0.29, 0.717) is 5.92 Å². The molecular formula is C22H42N2O2. The molecule has 0 saturated carbocycles. The normalized spacial score (nSPS) is 30.5. The molecule has 1 atom stereocenters. The van der Waals surface area contributed by atoms with Gasteiger partial charge >= 0.3 is 0 Å². The van der Waals surface area contributed by atoms with Gasteiger partial charge in [0.15, 0.2) is 0 Å². The molecule has 0 spiro atoms. The van der Waals surface area contributed by atoms with Crippen LogP contribution in [0.15, 0.2) is 24.8 Å². The van der Waals surface area contributed by atoms with Crippen molar-refractivity contribution in [3.63, 3.8) is 0 Å². The summed E-state index contributed by atoms with van der Waals surface area (Å²) < 4.78 is 0. The molecule has 0 amide bonds. The van der Waals surface area contributed by atoms with E-state index in [9.17, 15) is 10.4 Å². The maximum atomic E-state index is 10.2. The monoisotopic (exact) mass is 366 g/mol. The Bertz CT molecular complexity index is 490. The van der Waals surface area contributed by atoms with Gasteiger partial charge in [0.2, 0.25) is 0 Å². The maximum Gasteiger partial charge on any atom is 0.0472 e. The van der Waals surface area contributed by atoms with Gasteiger partial charge in [-0.3, -0.25) is 0 Å². The summed E-state index contributed by atoms with van der Waals surface area (Å²) in [5.41, 5.74) is -0.410. The second-order valence-electron chi connectivity index (χ2n) is 10.3.